The number of hydrogen-bond donors (Lipinski definition) is 0. The first-order chi connectivity index (χ1) is 10.7. The fourth-order valence-corrected chi connectivity index (χ4v) is 2.93. The number of carbonyl (C=O) groups is 2. The minimum Gasteiger partial charge on any atom is -0.378 e. The van der Waals surface area contributed by atoms with Crippen molar-refractivity contribution in [3.8, 4) is 0 Å². The summed E-state index contributed by atoms with van der Waals surface area (Å²) in [7, 11) is 1.72. The molecule has 22 heavy (non-hydrogen) atoms. The number of likely N-dealkylation sites (N-methyl/N-ethyl adjacent to an activating group) is 1. The Morgan fingerprint density at radius 2 is 1.86 bits per heavy atom. The van der Waals surface area contributed by atoms with E-state index >= 15 is 0 Å². The van der Waals surface area contributed by atoms with Crippen molar-refractivity contribution in [2.75, 3.05) is 40.0 Å². The summed E-state index contributed by atoms with van der Waals surface area (Å²) in [5, 5.41) is 0. The van der Waals surface area contributed by atoms with Gasteiger partial charge < -0.3 is 19.3 Å². The summed E-state index contributed by atoms with van der Waals surface area (Å²) in [4.78, 5) is 28.1. The van der Waals surface area contributed by atoms with Crippen LogP contribution in [-0.4, -0.2) is 67.7 Å². The number of benzene rings is 1. The molecule has 1 aromatic rings. The lowest BCUT2D eigenvalue weighted by Crippen LogP contribution is -2.55. The highest BCUT2D eigenvalue weighted by molar-refractivity contribution is 5.86. The van der Waals surface area contributed by atoms with Gasteiger partial charge in [0.1, 0.15) is 6.61 Å². The topological polar surface area (TPSA) is 59.1 Å². The smallest absolute Gasteiger partial charge is 0.254 e. The zero-order valence-corrected chi connectivity index (χ0v) is 12.6. The summed E-state index contributed by atoms with van der Waals surface area (Å²) in [6, 6.07) is 9.16. The summed E-state index contributed by atoms with van der Waals surface area (Å²) >= 11 is 0. The normalized spacial score (nSPS) is 26.1. The van der Waals surface area contributed by atoms with E-state index in [0.29, 0.717) is 26.3 Å². The van der Waals surface area contributed by atoms with E-state index in [9.17, 15) is 9.59 Å². The SMILES string of the molecule is CN1C(=O)CO[C@@H](C(=O)N2CCOCC2)[C@H]1c1ccccc1. The largest absolute Gasteiger partial charge is 0.378 e. The summed E-state index contributed by atoms with van der Waals surface area (Å²) in [6.45, 7) is 2.17. The molecule has 0 unspecified atom stereocenters. The third-order valence-corrected chi connectivity index (χ3v) is 4.19. The highest BCUT2D eigenvalue weighted by Crippen LogP contribution is 2.30. The average Bonchev–Trinajstić information content (AvgIpc) is 2.58. The van der Waals surface area contributed by atoms with E-state index in [2.05, 4.69) is 0 Å². The minimum atomic E-state index is -0.664. The second kappa shape index (κ2) is 6.46. The van der Waals surface area contributed by atoms with Crippen LogP contribution >= 0.6 is 0 Å². The molecule has 2 aliphatic rings. The highest BCUT2D eigenvalue weighted by Gasteiger charge is 2.41. The lowest BCUT2D eigenvalue weighted by molar-refractivity contribution is -0.169. The van der Waals surface area contributed by atoms with Crippen LogP contribution in [-0.2, 0) is 19.1 Å². The Bertz CT molecular complexity index is 542. The molecule has 2 fully saturated rings. The van der Waals surface area contributed by atoms with Gasteiger partial charge in [-0.15, -0.1) is 0 Å². The number of hydrogen-bond acceptors (Lipinski definition) is 4. The fourth-order valence-electron chi connectivity index (χ4n) is 2.93. The van der Waals surface area contributed by atoms with Crippen molar-refractivity contribution in [1.82, 2.24) is 9.80 Å². The summed E-state index contributed by atoms with van der Waals surface area (Å²) in [5.41, 5.74) is 0.907. The Morgan fingerprint density at radius 3 is 2.55 bits per heavy atom. The van der Waals surface area contributed by atoms with Gasteiger partial charge in [-0.3, -0.25) is 9.59 Å². The zero-order chi connectivity index (χ0) is 15.5. The molecule has 3 rings (SSSR count). The number of rotatable bonds is 2. The fraction of sp³-hybridized carbons (Fsp3) is 0.500. The maximum absolute atomic E-state index is 12.8. The van der Waals surface area contributed by atoms with E-state index in [4.69, 9.17) is 9.47 Å². The minimum absolute atomic E-state index is 0.0550. The first-order valence-corrected chi connectivity index (χ1v) is 7.47. The van der Waals surface area contributed by atoms with Crippen LogP contribution in [0.5, 0.6) is 0 Å². The van der Waals surface area contributed by atoms with Crippen LogP contribution in [0.25, 0.3) is 0 Å². The molecule has 2 atom stereocenters. The van der Waals surface area contributed by atoms with Gasteiger partial charge in [-0.05, 0) is 5.56 Å². The van der Waals surface area contributed by atoms with Gasteiger partial charge in [0, 0.05) is 20.1 Å². The quantitative estimate of drug-likeness (QED) is 0.796. The summed E-state index contributed by atoms with van der Waals surface area (Å²) in [5.74, 6) is -0.184. The van der Waals surface area contributed by atoms with Gasteiger partial charge in [0.15, 0.2) is 6.10 Å². The van der Waals surface area contributed by atoms with Gasteiger partial charge in [0.2, 0.25) is 5.91 Å². The van der Waals surface area contributed by atoms with Crippen molar-refractivity contribution in [2.24, 2.45) is 0 Å². The molecule has 0 bridgehead atoms. The molecular formula is C16H20N2O4. The van der Waals surface area contributed by atoms with Gasteiger partial charge in [-0.1, -0.05) is 30.3 Å². The Balaban J connectivity index is 1.86. The molecule has 0 N–H and O–H groups in total. The molecule has 0 radical (unpaired) electrons. The molecule has 6 heteroatoms. The van der Waals surface area contributed by atoms with Gasteiger partial charge in [-0.25, -0.2) is 0 Å². The van der Waals surface area contributed by atoms with Gasteiger partial charge in [0.05, 0.1) is 19.3 Å². The Morgan fingerprint density at radius 1 is 1.18 bits per heavy atom. The molecule has 1 aromatic carbocycles. The van der Waals surface area contributed by atoms with Crippen molar-refractivity contribution >= 4 is 11.8 Å². The first-order valence-electron chi connectivity index (χ1n) is 7.47. The molecular weight excluding hydrogens is 284 g/mol. The lowest BCUT2D eigenvalue weighted by atomic mass is 9.97. The van der Waals surface area contributed by atoms with E-state index < -0.39 is 12.1 Å². The second-order valence-corrected chi connectivity index (χ2v) is 5.53. The van der Waals surface area contributed by atoms with E-state index in [-0.39, 0.29) is 18.4 Å². The third-order valence-electron chi connectivity index (χ3n) is 4.19. The maximum atomic E-state index is 12.8. The van der Waals surface area contributed by atoms with Crippen LogP contribution in [0.2, 0.25) is 0 Å². The van der Waals surface area contributed by atoms with Crippen LogP contribution in [0.15, 0.2) is 30.3 Å². The Hall–Kier alpha value is -1.92. The van der Waals surface area contributed by atoms with E-state index in [1.165, 1.54) is 0 Å². The van der Waals surface area contributed by atoms with E-state index in [1.54, 1.807) is 16.8 Å². The molecule has 6 nitrogen and oxygen atoms in total. The zero-order valence-electron chi connectivity index (χ0n) is 12.6. The van der Waals surface area contributed by atoms with Crippen molar-refractivity contribution in [1.29, 1.82) is 0 Å². The van der Waals surface area contributed by atoms with Crippen molar-refractivity contribution in [3.63, 3.8) is 0 Å². The van der Waals surface area contributed by atoms with E-state index in [1.807, 2.05) is 30.3 Å². The van der Waals surface area contributed by atoms with Crippen molar-refractivity contribution < 1.29 is 19.1 Å². The predicted molar refractivity (Wildman–Crippen MR) is 79.1 cm³/mol. The highest BCUT2D eigenvalue weighted by atomic mass is 16.5. The second-order valence-electron chi connectivity index (χ2n) is 5.53. The number of ether oxygens (including phenoxy) is 2. The van der Waals surface area contributed by atoms with Crippen LogP contribution in [0.1, 0.15) is 11.6 Å². The Labute approximate surface area is 129 Å². The summed E-state index contributed by atoms with van der Waals surface area (Å²) < 4.78 is 10.9. The Kier molecular flexibility index (Phi) is 4.40. The molecule has 2 saturated heterocycles. The van der Waals surface area contributed by atoms with Gasteiger partial charge in [0.25, 0.3) is 5.91 Å². The number of nitrogens with zero attached hydrogens (tertiary/aromatic N) is 2. The number of amides is 2. The molecule has 0 aliphatic carbocycles. The van der Waals surface area contributed by atoms with Gasteiger partial charge in [-0.2, -0.15) is 0 Å². The summed E-state index contributed by atoms with van der Waals surface area (Å²) in [6.07, 6.45) is -0.664. The molecule has 2 amide bonds. The number of morpholine rings is 2. The molecule has 2 aliphatic heterocycles. The monoisotopic (exact) mass is 304 g/mol. The van der Waals surface area contributed by atoms with Crippen LogP contribution < -0.4 is 0 Å². The van der Waals surface area contributed by atoms with Crippen LogP contribution in [0, 0.1) is 0 Å². The van der Waals surface area contributed by atoms with Gasteiger partial charge >= 0.3 is 0 Å². The molecule has 0 spiro atoms. The average molecular weight is 304 g/mol. The van der Waals surface area contributed by atoms with Crippen molar-refractivity contribution in [3.05, 3.63) is 35.9 Å². The van der Waals surface area contributed by atoms with Crippen LogP contribution in [0.4, 0.5) is 0 Å². The number of carbonyl (C=O) groups excluding carboxylic acids is 2. The standard InChI is InChI=1S/C16H20N2O4/c1-17-13(19)11-22-15(14(17)12-5-3-2-4-6-12)16(20)18-7-9-21-10-8-18/h2-6,14-15H,7-11H2,1H3/t14-,15-/m1/s1. The first kappa shape index (κ1) is 15.0. The molecule has 0 saturated carbocycles. The van der Waals surface area contributed by atoms with Crippen LogP contribution in [0.3, 0.4) is 0 Å². The maximum Gasteiger partial charge on any atom is 0.254 e. The lowest BCUT2D eigenvalue weighted by Gasteiger charge is -2.40. The molecule has 0 aromatic heterocycles. The van der Waals surface area contributed by atoms with E-state index in [0.717, 1.165) is 5.56 Å². The predicted octanol–water partition coefficient (Wildman–Crippen LogP) is 0.444. The molecule has 118 valence electrons. The third kappa shape index (κ3) is 2.84. The van der Waals surface area contributed by atoms with Crippen molar-refractivity contribution in [2.45, 2.75) is 12.1 Å². The molecule has 2 heterocycles.